The second kappa shape index (κ2) is 9.38. The van der Waals surface area contributed by atoms with Crippen LogP contribution < -0.4 is 10.6 Å². The molecule has 2 aromatic heterocycles. The zero-order valence-electron chi connectivity index (χ0n) is 19.0. The van der Waals surface area contributed by atoms with Gasteiger partial charge in [0.1, 0.15) is 10.8 Å². The van der Waals surface area contributed by atoms with Crippen LogP contribution in [0.25, 0.3) is 21.3 Å². The third-order valence-electron chi connectivity index (χ3n) is 5.53. The highest BCUT2D eigenvalue weighted by molar-refractivity contribution is 7.93. The molecule has 8 nitrogen and oxygen atoms in total. The van der Waals surface area contributed by atoms with Crippen molar-refractivity contribution in [2.24, 2.45) is 0 Å². The summed E-state index contributed by atoms with van der Waals surface area (Å²) in [4.78, 5) is 33.6. The maximum Gasteiger partial charge on any atom is 0.245 e. The number of hydrogen-bond acceptors (Lipinski definition) is 7. The number of halogens is 1. The van der Waals surface area contributed by atoms with Crippen LogP contribution in [-0.2, 0) is 19.4 Å². The smallest absolute Gasteiger partial charge is 0.245 e. The molecular weight excluding hydrogens is 479 g/mol. The Balaban J connectivity index is 1.68. The average molecular weight is 505 g/mol. The highest BCUT2D eigenvalue weighted by Crippen LogP contribution is 2.36. The quantitative estimate of drug-likeness (QED) is 0.487. The van der Waals surface area contributed by atoms with Crippen LogP contribution in [0.3, 0.4) is 0 Å². The van der Waals surface area contributed by atoms with Gasteiger partial charge in [0.05, 0.1) is 22.0 Å². The summed E-state index contributed by atoms with van der Waals surface area (Å²) in [6.07, 6.45) is 3.35. The lowest BCUT2D eigenvalue weighted by Gasteiger charge is -2.17. The van der Waals surface area contributed by atoms with Crippen LogP contribution in [0.4, 0.5) is 4.39 Å². The van der Waals surface area contributed by atoms with Crippen molar-refractivity contribution in [3.8, 4) is 11.1 Å². The van der Waals surface area contributed by atoms with Gasteiger partial charge >= 0.3 is 0 Å². The molecule has 180 valence electrons. The van der Waals surface area contributed by atoms with Crippen LogP contribution in [0.1, 0.15) is 42.6 Å². The van der Waals surface area contributed by atoms with Gasteiger partial charge in [0.15, 0.2) is 15.1 Å². The monoisotopic (exact) mass is 504 g/mol. The largest absolute Gasteiger partial charge is 0.352 e. The number of aryl methyl sites for hydroxylation is 1. The van der Waals surface area contributed by atoms with E-state index in [1.807, 2.05) is 6.92 Å². The number of fused-ring (bicyclic) bond motifs is 1. The van der Waals surface area contributed by atoms with Gasteiger partial charge in [-0.05, 0) is 51.8 Å². The molecule has 0 aliphatic heterocycles. The lowest BCUT2D eigenvalue weighted by Crippen LogP contribution is -2.42. The number of carbonyl (C=O) groups excluding carboxylic acids is 2. The fourth-order valence-electron chi connectivity index (χ4n) is 3.37. The van der Waals surface area contributed by atoms with E-state index in [9.17, 15) is 22.4 Å². The molecule has 3 aromatic rings. The van der Waals surface area contributed by atoms with E-state index < -0.39 is 32.1 Å². The van der Waals surface area contributed by atoms with Crippen LogP contribution in [0, 0.1) is 12.7 Å². The number of carbonyl (C=O) groups is 2. The molecule has 1 aliphatic rings. The molecule has 1 saturated carbocycles. The van der Waals surface area contributed by atoms with E-state index in [1.165, 1.54) is 26.0 Å². The number of benzene rings is 1. The Morgan fingerprint density at radius 1 is 1.24 bits per heavy atom. The Morgan fingerprint density at radius 2 is 1.97 bits per heavy atom. The molecule has 1 fully saturated rings. The van der Waals surface area contributed by atoms with E-state index in [0.717, 1.165) is 29.9 Å². The third kappa shape index (κ3) is 5.10. The van der Waals surface area contributed by atoms with Gasteiger partial charge in [0, 0.05) is 29.1 Å². The minimum atomic E-state index is -3.97. The summed E-state index contributed by atoms with van der Waals surface area (Å²) in [5, 5.41) is 2.73. The predicted molar refractivity (Wildman–Crippen MR) is 129 cm³/mol. The zero-order valence-corrected chi connectivity index (χ0v) is 20.6. The molecule has 0 bridgehead atoms. The number of hydrogen-bond donors (Lipinski definition) is 2. The summed E-state index contributed by atoms with van der Waals surface area (Å²) in [6, 6.07) is 6.44. The topological polar surface area (TPSA) is 118 Å². The van der Waals surface area contributed by atoms with Gasteiger partial charge in [0.25, 0.3) is 0 Å². The van der Waals surface area contributed by atoms with Crippen molar-refractivity contribution in [1.29, 1.82) is 0 Å². The van der Waals surface area contributed by atoms with Gasteiger partial charge < -0.3 is 10.6 Å². The molecule has 1 aliphatic carbocycles. The lowest BCUT2D eigenvalue weighted by atomic mass is 10.1. The van der Waals surface area contributed by atoms with Crippen LogP contribution in [-0.4, -0.2) is 48.0 Å². The number of aromatic nitrogens is 2. The van der Waals surface area contributed by atoms with Gasteiger partial charge in [-0.15, -0.1) is 11.3 Å². The molecule has 2 N–H and O–H groups in total. The number of pyridine rings is 1. The summed E-state index contributed by atoms with van der Waals surface area (Å²) in [6.45, 7) is 4.45. The Hall–Kier alpha value is -2.92. The second-order valence-corrected chi connectivity index (χ2v) is 12.3. The molecule has 4 rings (SSSR count). The first-order valence-electron chi connectivity index (χ1n) is 10.9. The number of sulfone groups is 1. The number of rotatable bonds is 8. The van der Waals surface area contributed by atoms with Crippen molar-refractivity contribution in [2.75, 3.05) is 6.54 Å². The van der Waals surface area contributed by atoms with E-state index in [1.54, 1.807) is 18.3 Å². The summed E-state index contributed by atoms with van der Waals surface area (Å²) in [7, 11) is -3.97. The van der Waals surface area contributed by atoms with Crippen molar-refractivity contribution < 1.29 is 22.4 Å². The number of thiazole rings is 1. The van der Waals surface area contributed by atoms with Crippen molar-refractivity contribution in [2.45, 2.75) is 50.2 Å². The van der Waals surface area contributed by atoms with E-state index in [2.05, 4.69) is 20.6 Å². The normalized spacial score (nSPS) is 14.9. The molecule has 0 saturated heterocycles. The molecule has 0 radical (unpaired) electrons. The molecular formula is C23H25FN4O4S2. The van der Waals surface area contributed by atoms with Gasteiger partial charge in [-0.2, -0.15) is 0 Å². The van der Waals surface area contributed by atoms with Gasteiger partial charge in [-0.25, -0.2) is 17.8 Å². The Labute approximate surface area is 200 Å². The fraction of sp³-hybridized carbons (Fsp3) is 0.391. The first-order chi connectivity index (χ1) is 16.1. The minimum Gasteiger partial charge on any atom is -0.352 e. The average Bonchev–Trinajstić information content (AvgIpc) is 3.49. The number of nitrogens with zero attached hydrogens (tertiary/aromatic N) is 2. The molecule has 2 amide bonds. The van der Waals surface area contributed by atoms with Crippen molar-refractivity contribution >= 4 is 43.2 Å². The standard InChI is InChI=1S/C23H25FN4O4S2/c1-12(2)34(31,32)21(22(30)26-11-20(29)27-15-6-7-15)23-28-18-8-16(17(24)9-19(18)33-23)14-5-4-13(3)25-10-14/h4-5,8-10,12,15,21H,6-7,11H2,1-3H3,(H,26,30)(H,27,29). The van der Waals surface area contributed by atoms with Gasteiger partial charge in [-0.3, -0.25) is 14.6 Å². The van der Waals surface area contributed by atoms with Crippen molar-refractivity contribution in [3.63, 3.8) is 0 Å². The van der Waals surface area contributed by atoms with Crippen molar-refractivity contribution in [1.82, 2.24) is 20.6 Å². The van der Waals surface area contributed by atoms with Crippen LogP contribution >= 0.6 is 11.3 Å². The predicted octanol–water partition coefficient (Wildman–Crippen LogP) is 3.06. The number of nitrogens with one attached hydrogen (secondary N) is 2. The first kappa shape index (κ1) is 24.2. The van der Waals surface area contributed by atoms with Gasteiger partial charge in [0.2, 0.25) is 11.8 Å². The molecule has 1 aromatic carbocycles. The highest BCUT2D eigenvalue weighted by Gasteiger charge is 2.39. The number of amides is 2. The van der Waals surface area contributed by atoms with Crippen LogP contribution in [0.2, 0.25) is 0 Å². The van der Waals surface area contributed by atoms with Gasteiger partial charge in [-0.1, -0.05) is 6.07 Å². The zero-order chi connectivity index (χ0) is 24.6. The Morgan fingerprint density at radius 3 is 2.59 bits per heavy atom. The van der Waals surface area contributed by atoms with E-state index in [0.29, 0.717) is 15.8 Å². The molecule has 34 heavy (non-hydrogen) atoms. The summed E-state index contributed by atoms with van der Waals surface area (Å²) >= 11 is 0.946. The molecule has 1 unspecified atom stereocenters. The van der Waals surface area contributed by atoms with Crippen LogP contribution in [0.15, 0.2) is 30.5 Å². The summed E-state index contributed by atoms with van der Waals surface area (Å²) in [5.74, 6) is -1.71. The SMILES string of the molecule is Cc1ccc(-c2cc3nc(C(C(=O)NCC(=O)NC4CC4)S(=O)(=O)C(C)C)sc3cc2F)cn1. The van der Waals surface area contributed by atoms with E-state index in [-0.39, 0.29) is 29.1 Å². The second-order valence-electron chi connectivity index (χ2n) is 8.62. The minimum absolute atomic E-state index is 0.0300. The molecule has 2 heterocycles. The maximum absolute atomic E-state index is 14.9. The summed E-state index contributed by atoms with van der Waals surface area (Å²) in [5.41, 5.74) is 2.01. The highest BCUT2D eigenvalue weighted by atomic mass is 32.2. The van der Waals surface area contributed by atoms with E-state index >= 15 is 0 Å². The Bertz CT molecular complexity index is 1350. The summed E-state index contributed by atoms with van der Waals surface area (Å²) < 4.78 is 41.5. The molecule has 1 atom stereocenters. The Kier molecular flexibility index (Phi) is 6.68. The fourth-order valence-corrected chi connectivity index (χ4v) is 6.13. The third-order valence-corrected chi connectivity index (χ3v) is 9.17. The van der Waals surface area contributed by atoms with Crippen molar-refractivity contribution in [3.05, 3.63) is 47.0 Å². The first-order valence-corrected chi connectivity index (χ1v) is 13.3. The lowest BCUT2D eigenvalue weighted by molar-refractivity contribution is -0.126. The van der Waals surface area contributed by atoms with E-state index in [4.69, 9.17) is 0 Å². The molecule has 11 heteroatoms. The maximum atomic E-state index is 14.9. The van der Waals surface area contributed by atoms with Crippen LogP contribution in [0.5, 0.6) is 0 Å². The molecule has 0 spiro atoms.